The van der Waals surface area contributed by atoms with Crippen molar-refractivity contribution < 1.29 is 14.7 Å². The summed E-state index contributed by atoms with van der Waals surface area (Å²) in [5.74, 6) is -0.856. The molecule has 2 rings (SSSR count). The number of nitrogens with zero attached hydrogens (tertiary/aromatic N) is 2. The molecule has 2 heterocycles. The van der Waals surface area contributed by atoms with Gasteiger partial charge in [-0.2, -0.15) is 0 Å². The number of anilines is 1. The van der Waals surface area contributed by atoms with Crippen LogP contribution in [0.2, 0.25) is 0 Å². The molecule has 1 fully saturated rings. The highest BCUT2D eigenvalue weighted by Gasteiger charge is 2.22. The van der Waals surface area contributed by atoms with Crippen molar-refractivity contribution >= 4 is 28.9 Å². The number of hydrogen-bond donors (Lipinski definition) is 1. The third kappa shape index (κ3) is 2.01. The number of rotatable bonds is 2. The van der Waals surface area contributed by atoms with Crippen molar-refractivity contribution in [2.24, 2.45) is 0 Å². The van der Waals surface area contributed by atoms with E-state index in [2.05, 4.69) is 0 Å². The van der Waals surface area contributed by atoms with Gasteiger partial charge >= 0.3 is 5.97 Å². The van der Waals surface area contributed by atoms with E-state index < -0.39 is 5.97 Å². The van der Waals surface area contributed by atoms with Gasteiger partial charge in [-0.25, -0.2) is 4.79 Å². The molecular formula is C10H12N2O3S. The molecule has 86 valence electrons. The Kier molecular flexibility index (Phi) is 2.82. The molecule has 1 N–H and O–H groups in total. The van der Waals surface area contributed by atoms with Crippen LogP contribution in [-0.2, 0) is 4.79 Å². The molecule has 5 nitrogen and oxygen atoms in total. The number of aromatic carboxylic acids is 1. The summed E-state index contributed by atoms with van der Waals surface area (Å²) in [6.45, 7) is 1.75. The van der Waals surface area contributed by atoms with E-state index in [4.69, 9.17) is 5.11 Å². The van der Waals surface area contributed by atoms with Gasteiger partial charge in [0, 0.05) is 31.2 Å². The van der Waals surface area contributed by atoms with E-state index in [9.17, 15) is 9.59 Å². The molecular weight excluding hydrogens is 228 g/mol. The Hall–Kier alpha value is -1.56. The van der Waals surface area contributed by atoms with Gasteiger partial charge in [-0.05, 0) is 6.07 Å². The highest BCUT2D eigenvalue weighted by Crippen LogP contribution is 2.24. The Morgan fingerprint density at radius 2 is 2.25 bits per heavy atom. The fraction of sp³-hybridized carbons (Fsp3) is 0.400. The fourth-order valence-corrected chi connectivity index (χ4v) is 2.34. The summed E-state index contributed by atoms with van der Waals surface area (Å²) in [6, 6.07) is 1.62. The summed E-state index contributed by atoms with van der Waals surface area (Å²) in [4.78, 5) is 26.1. The number of carboxylic acids is 1. The van der Waals surface area contributed by atoms with Crippen LogP contribution in [-0.4, -0.2) is 48.6 Å². The first-order valence-electron chi connectivity index (χ1n) is 4.88. The maximum absolute atomic E-state index is 11.5. The third-order valence-corrected chi connectivity index (χ3v) is 3.52. The molecule has 0 unspecified atom stereocenters. The van der Waals surface area contributed by atoms with Gasteiger partial charge in [-0.3, -0.25) is 4.79 Å². The summed E-state index contributed by atoms with van der Waals surface area (Å²) in [5.41, 5.74) is 0.823. The largest absolute Gasteiger partial charge is 0.477 e. The number of carbonyl (C=O) groups is 2. The lowest BCUT2D eigenvalue weighted by molar-refractivity contribution is -0.129. The minimum Gasteiger partial charge on any atom is -0.477 e. The number of amides is 1. The molecule has 6 heteroatoms. The predicted octanol–water partition coefficient (Wildman–Crippen LogP) is 0.725. The second-order valence-corrected chi connectivity index (χ2v) is 4.62. The van der Waals surface area contributed by atoms with Gasteiger partial charge in [0.1, 0.15) is 4.88 Å². The highest BCUT2D eigenvalue weighted by molar-refractivity contribution is 7.12. The number of carboxylic acid groups (broad SMARTS) is 1. The van der Waals surface area contributed by atoms with Crippen LogP contribution in [0.3, 0.4) is 0 Å². The topological polar surface area (TPSA) is 60.9 Å². The molecule has 1 aromatic rings. The van der Waals surface area contributed by atoms with E-state index >= 15 is 0 Å². The molecule has 0 spiro atoms. The normalized spacial score (nSPS) is 16.7. The van der Waals surface area contributed by atoms with Gasteiger partial charge in [0.05, 0.1) is 6.54 Å². The Balaban J connectivity index is 2.12. The molecule has 16 heavy (non-hydrogen) atoms. The lowest BCUT2D eigenvalue weighted by Gasteiger charge is -2.32. The van der Waals surface area contributed by atoms with Gasteiger partial charge in [-0.15, -0.1) is 11.3 Å². The Labute approximate surface area is 96.9 Å². The molecule has 0 atom stereocenters. The average Bonchev–Trinajstić information content (AvgIpc) is 2.71. The van der Waals surface area contributed by atoms with Crippen LogP contribution in [0.4, 0.5) is 5.69 Å². The molecule has 1 aliphatic rings. The van der Waals surface area contributed by atoms with E-state index in [1.165, 1.54) is 11.3 Å². The van der Waals surface area contributed by atoms with Gasteiger partial charge < -0.3 is 14.9 Å². The van der Waals surface area contributed by atoms with E-state index in [1.54, 1.807) is 23.4 Å². The third-order valence-electron chi connectivity index (χ3n) is 2.62. The first kappa shape index (κ1) is 10.9. The number of hydrogen-bond acceptors (Lipinski definition) is 4. The first-order valence-corrected chi connectivity index (χ1v) is 5.76. The molecule has 1 aromatic heterocycles. The Bertz CT molecular complexity index is 429. The molecule has 0 aliphatic carbocycles. The van der Waals surface area contributed by atoms with Crippen LogP contribution < -0.4 is 4.90 Å². The number of likely N-dealkylation sites (N-methyl/N-ethyl adjacent to an activating group) is 1. The van der Waals surface area contributed by atoms with Crippen molar-refractivity contribution in [2.45, 2.75) is 0 Å². The minimum atomic E-state index is -0.920. The van der Waals surface area contributed by atoms with Gasteiger partial charge in [0.15, 0.2) is 0 Å². The van der Waals surface area contributed by atoms with Crippen LogP contribution in [0.25, 0.3) is 0 Å². The zero-order valence-electron chi connectivity index (χ0n) is 8.84. The molecule has 0 saturated carbocycles. The van der Waals surface area contributed by atoms with Crippen molar-refractivity contribution in [3.8, 4) is 0 Å². The molecule has 0 bridgehead atoms. The predicted molar refractivity (Wildman–Crippen MR) is 61.1 cm³/mol. The van der Waals surface area contributed by atoms with Crippen LogP contribution in [0.1, 0.15) is 9.67 Å². The zero-order chi connectivity index (χ0) is 11.7. The maximum Gasteiger partial charge on any atom is 0.345 e. The molecule has 1 aliphatic heterocycles. The summed E-state index contributed by atoms with van der Waals surface area (Å²) in [7, 11) is 1.77. The SMILES string of the molecule is CN1CCN(c2csc(C(=O)O)c2)CC1=O. The van der Waals surface area contributed by atoms with E-state index in [0.29, 0.717) is 18.0 Å². The number of thiophene rings is 1. The Morgan fingerprint density at radius 3 is 2.81 bits per heavy atom. The van der Waals surface area contributed by atoms with Crippen LogP contribution >= 0.6 is 11.3 Å². The van der Waals surface area contributed by atoms with Gasteiger partial charge in [0.2, 0.25) is 5.91 Å². The van der Waals surface area contributed by atoms with Crippen LogP contribution in [0.5, 0.6) is 0 Å². The first-order chi connectivity index (χ1) is 7.58. The molecule has 0 aromatic carbocycles. The van der Waals surface area contributed by atoms with Crippen molar-refractivity contribution in [1.29, 1.82) is 0 Å². The van der Waals surface area contributed by atoms with Crippen molar-refractivity contribution in [2.75, 3.05) is 31.6 Å². The van der Waals surface area contributed by atoms with E-state index in [-0.39, 0.29) is 5.91 Å². The van der Waals surface area contributed by atoms with Crippen molar-refractivity contribution in [1.82, 2.24) is 4.90 Å². The maximum atomic E-state index is 11.5. The van der Waals surface area contributed by atoms with Crippen molar-refractivity contribution in [3.05, 3.63) is 16.3 Å². The summed E-state index contributed by atoms with van der Waals surface area (Å²) >= 11 is 1.19. The second kappa shape index (κ2) is 4.13. The average molecular weight is 240 g/mol. The summed E-state index contributed by atoms with van der Waals surface area (Å²) < 4.78 is 0. The lowest BCUT2D eigenvalue weighted by atomic mass is 10.3. The van der Waals surface area contributed by atoms with E-state index in [0.717, 1.165) is 12.2 Å². The smallest absolute Gasteiger partial charge is 0.345 e. The highest BCUT2D eigenvalue weighted by atomic mass is 32.1. The van der Waals surface area contributed by atoms with E-state index in [1.807, 2.05) is 4.90 Å². The lowest BCUT2D eigenvalue weighted by Crippen LogP contribution is -2.48. The van der Waals surface area contributed by atoms with Gasteiger partial charge in [-0.1, -0.05) is 0 Å². The van der Waals surface area contributed by atoms with Gasteiger partial charge in [0.25, 0.3) is 0 Å². The van der Waals surface area contributed by atoms with Crippen molar-refractivity contribution in [3.63, 3.8) is 0 Å². The van der Waals surface area contributed by atoms with Crippen LogP contribution in [0.15, 0.2) is 11.4 Å². The fourth-order valence-electron chi connectivity index (χ4n) is 1.58. The molecule has 0 radical (unpaired) electrons. The summed E-state index contributed by atoms with van der Waals surface area (Å²) in [5, 5.41) is 10.6. The quantitative estimate of drug-likeness (QED) is 0.827. The monoisotopic (exact) mass is 240 g/mol. The zero-order valence-corrected chi connectivity index (χ0v) is 9.66. The Morgan fingerprint density at radius 1 is 1.50 bits per heavy atom. The standard InChI is InChI=1S/C10H12N2O3S/c1-11-2-3-12(5-9(11)13)7-4-8(10(14)15)16-6-7/h4,6H,2-3,5H2,1H3,(H,14,15). The number of carbonyl (C=O) groups excluding carboxylic acids is 1. The minimum absolute atomic E-state index is 0.0642. The summed E-state index contributed by atoms with van der Waals surface area (Å²) in [6.07, 6.45) is 0. The second-order valence-electron chi connectivity index (χ2n) is 3.71. The number of piperazine rings is 1. The van der Waals surface area contributed by atoms with Crippen LogP contribution in [0, 0.1) is 0 Å². The molecule has 1 amide bonds. The molecule has 1 saturated heterocycles.